The van der Waals surface area contributed by atoms with Crippen molar-refractivity contribution in [2.45, 2.75) is 6.92 Å². The quantitative estimate of drug-likeness (QED) is 0.507. The van der Waals surface area contributed by atoms with Crippen molar-refractivity contribution in [1.82, 2.24) is 0 Å². The predicted octanol–water partition coefficient (Wildman–Crippen LogP) is 3.39. The molecule has 0 bridgehead atoms. The Balaban J connectivity index is 2.37. The summed E-state index contributed by atoms with van der Waals surface area (Å²) in [5.74, 6) is -5.76. The highest BCUT2D eigenvalue weighted by Gasteiger charge is 2.18. The molecule has 2 aromatic carbocycles. The minimum atomic E-state index is -1.39. The number of rotatable bonds is 2. The fraction of sp³-hybridized carbons (Fsp3) is 0.0714. The molecule has 0 saturated carbocycles. The summed E-state index contributed by atoms with van der Waals surface area (Å²) < 4.78 is 53.1. The van der Waals surface area contributed by atoms with Crippen molar-refractivity contribution in [2.24, 2.45) is 0 Å². The van der Waals surface area contributed by atoms with Gasteiger partial charge in [-0.15, -0.1) is 0 Å². The summed E-state index contributed by atoms with van der Waals surface area (Å²) in [5.41, 5.74) is 4.76. The maximum absolute atomic E-state index is 13.8. The summed E-state index contributed by atoms with van der Waals surface area (Å²) in [4.78, 5) is 11.9. The lowest BCUT2D eigenvalue weighted by Crippen LogP contribution is -2.16. The van der Waals surface area contributed by atoms with E-state index in [0.29, 0.717) is 6.07 Å². The van der Waals surface area contributed by atoms with Gasteiger partial charge in [0.1, 0.15) is 11.6 Å². The van der Waals surface area contributed by atoms with Crippen molar-refractivity contribution in [3.05, 3.63) is 58.7 Å². The van der Waals surface area contributed by atoms with E-state index in [1.54, 1.807) is 0 Å². The number of nitrogen functional groups attached to an aromatic ring is 1. The average Bonchev–Trinajstić information content (AvgIpc) is 2.40. The molecule has 0 spiro atoms. The monoisotopic (exact) mass is 298 g/mol. The van der Waals surface area contributed by atoms with Crippen LogP contribution < -0.4 is 11.1 Å². The van der Waals surface area contributed by atoms with Gasteiger partial charge in [-0.2, -0.15) is 0 Å². The summed E-state index contributed by atoms with van der Waals surface area (Å²) in [6.45, 7) is 1.40. The largest absolute Gasteiger partial charge is 0.399 e. The molecular formula is C14H10F4N2O. The van der Waals surface area contributed by atoms with E-state index in [4.69, 9.17) is 5.73 Å². The molecule has 1 amide bonds. The van der Waals surface area contributed by atoms with Gasteiger partial charge in [0, 0.05) is 17.8 Å². The lowest BCUT2D eigenvalue weighted by atomic mass is 10.1. The minimum Gasteiger partial charge on any atom is -0.399 e. The zero-order chi connectivity index (χ0) is 15.7. The van der Waals surface area contributed by atoms with E-state index >= 15 is 0 Å². The van der Waals surface area contributed by atoms with Gasteiger partial charge in [0.2, 0.25) is 0 Å². The highest BCUT2D eigenvalue weighted by molar-refractivity contribution is 6.05. The third kappa shape index (κ3) is 2.96. The summed E-state index contributed by atoms with van der Waals surface area (Å²) >= 11 is 0. The van der Waals surface area contributed by atoms with Crippen molar-refractivity contribution in [3.63, 3.8) is 0 Å². The standard InChI is InChI=1S/C14H10F4N2O/c1-6-2-7(19)3-8(13(6)18)14(21)20-12-5-10(16)9(15)4-11(12)17/h2-5H,19H2,1H3,(H,20,21). The molecule has 0 aliphatic rings. The first-order valence-electron chi connectivity index (χ1n) is 5.81. The minimum absolute atomic E-state index is 0.130. The number of aryl methyl sites for hydroxylation is 1. The van der Waals surface area contributed by atoms with Gasteiger partial charge in [0.25, 0.3) is 5.91 Å². The van der Waals surface area contributed by atoms with Crippen LogP contribution in [0.1, 0.15) is 15.9 Å². The maximum Gasteiger partial charge on any atom is 0.258 e. The van der Waals surface area contributed by atoms with Gasteiger partial charge in [-0.3, -0.25) is 4.79 Å². The van der Waals surface area contributed by atoms with Crippen LogP contribution in [-0.4, -0.2) is 5.91 Å². The Morgan fingerprint density at radius 2 is 1.62 bits per heavy atom. The van der Waals surface area contributed by atoms with Gasteiger partial charge >= 0.3 is 0 Å². The Kier molecular flexibility index (Phi) is 3.84. The summed E-state index contributed by atoms with van der Waals surface area (Å²) in [5, 5.41) is 1.97. The van der Waals surface area contributed by atoms with E-state index in [1.165, 1.54) is 13.0 Å². The Morgan fingerprint density at radius 1 is 1.00 bits per heavy atom. The van der Waals surface area contributed by atoms with Crippen LogP contribution in [0.5, 0.6) is 0 Å². The van der Waals surface area contributed by atoms with Crippen molar-refractivity contribution in [1.29, 1.82) is 0 Å². The van der Waals surface area contributed by atoms with Crippen LogP contribution in [0.2, 0.25) is 0 Å². The molecule has 0 fully saturated rings. The average molecular weight is 298 g/mol. The van der Waals surface area contributed by atoms with E-state index in [2.05, 4.69) is 0 Å². The molecule has 0 heterocycles. The molecule has 0 aliphatic heterocycles. The number of hydrogen-bond acceptors (Lipinski definition) is 2. The van der Waals surface area contributed by atoms with Crippen LogP contribution in [0, 0.1) is 30.2 Å². The highest BCUT2D eigenvalue weighted by atomic mass is 19.2. The molecule has 0 aliphatic carbocycles. The number of amides is 1. The molecule has 21 heavy (non-hydrogen) atoms. The Labute approximate surface area is 117 Å². The van der Waals surface area contributed by atoms with Crippen LogP contribution in [0.3, 0.4) is 0 Å². The van der Waals surface area contributed by atoms with E-state index < -0.39 is 40.4 Å². The van der Waals surface area contributed by atoms with Crippen LogP contribution in [0.4, 0.5) is 28.9 Å². The van der Waals surface area contributed by atoms with E-state index in [0.717, 1.165) is 6.07 Å². The molecule has 0 unspecified atom stereocenters. The fourth-order valence-electron chi connectivity index (χ4n) is 1.77. The molecule has 3 N–H and O–H groups in total. The van der Waals surface area contributed by atoms with Gasteiger partial charge < -0.3 is 11.1 Å². The van der Waals surface area contributed by atoms with Gasteiger partial charge in [-0.05, 0) is 24.6 Å². The molecule has 2 rings (SSSR count). The Bertz CT molecular complexity index is 731. The predicted molar refractivity (Wildman–Crippen MR) is 69.8 cm³/mol. The van der Waals surface area contributed by atoms with Crippen molar-refractivity contribution >= 4 is 17.3 Å². The molecule has 0 radical (unpaired) electrons. The molecular weight excluding hydrogens is 288 g/mol. The summed E-state index contributed by atoms with van der Waals surface area (Å²) in [7, 11) is 0. The number of halogens is 4. The smallest absolute Gasteiger partial charge is 0.258 e. The van der Waals surface area contributed by atoms with Crippen molar-refractivity contribution in [3.8, 4) is 0 Å². The fourth-order valence-corrected chi connectivity index (χ4v) is 1.77. The summed E-state index contributed by atoms with van der Waals surface area (Å²) in [6, 6.07) is 3.14. The Morgan fingerprint density at radius 3 is 2.29 bits per heavy atom. The second-order valence-electron chi connectivity index (χ2n) is 4.40. The second kappa shape index (κ2) is 5.43. The number of hydrogen-bond donors (Lipinski definition) is 2. The van der Waals surface area contributed by atoms with Crippen LogP contribution >= 0.6 is 0 Å². The SMILES string of the molecule is Cc1cc(N)cc(C(=O)Nc2cc(F)c(F)cc2F)c1F. The van der Waals surface area contributed by atoms with E-state index in [1.807, 2.05) is 5.32 Å². The van der Waals surface area contributed by atoms with E-state index in [-0.39, 0.29) is 17.3 Å². The van der Waals surface area contributed by atoms with Crippen molar-refractivity contribution < 1.29 is 22.4 Å². The number of carbonyl (C=O) groups excluding carboxylic acids is 1. The lowest BCUT2D eigenvalue weighted by molar-refractivity contribution is 0.102. The lowest BCUT2D eigenvalue weighted by Gasteiger charge is -2.10. The number of nitrogens with one attached hydrogen (secondary N) is 1. The van der Waals surface area contributed by atoms with Gasteiger partial charge in [-0.25, -0.2) is 17.6 Å². The maximum atomic E-state index is 13.8. The zero-order valence-corrected chi connectivity index (χ0v) is 10.8. The molecule has 7 heteroatoms. The van der Waals surface area contributed by atoms with Crippen LogP contribution in [0.25, 0.3) is 0 Å². The van der Waals surface area contributed by atoms with E-state index in [9.17, 15) is 22.4 Å². The first kappa shape index (κ1) is 14.8. The number of benzene rings is 2. The highest BCUT2D eigenvalue weighted by Crippen LogP contribution is 2.22. The Hall–Kier alpha value is -2.57. The molecule has 0 saturated heterocycles. The summed E-state index contributed by atoms with van der Waals surface area (Å²) in [6.07, 6.45) is 0. The number of nitrogens with two attached hydrogens (primary N) is 1. The molecule has 0 aromatic heterocycles. The van der Waals surface area contributed by atoms with Gasteiger partial charge in [-0.1, -0.05) is 0 Å². The molecule has 3 nitrogen and oxygen atoms in total. The molecule has 2 aromatic rings. The third-order valence-electron chi connectivity index (χ3n) is 2.78. The number of carbonyl (C=O) groups is 1. The third-order valence-corrected chi connectivity index (χ3v) is 2.78. The molecule has 0 atom stereocenters. The first-order chi connectivity index (χ1) is 9.79. The van der Waals surface area contributed by atoms with Crippen LogP contribution in [-0.2, 0) is 0 Å². The number of anilines is 2. The first-order valence-corrected chi connectivity index (χ1v) is 5.81. The second-order valence-corrected chi connectivity index (χ2v) is 4.40. The van der Waals surface area contributed by atoms with Crippen molar-refractivity contribution in [2.75, 3.05) is 11.1 Å². The molecule has 110 valence electrons. The van der Waals surface area contributed by atoms with Gasteiger partial charge in [0.05, 0.1) is 11.3 Å². The topological polar surface area (TPSA) is 55.1 Å². The van der Waals surface area contributed by atoms with Gasteiger partial charge in [0.15, 0.2) is 11.6 Å². The van der Waals surface area contributed by atoms with Crippen LogP contribution in [0.15, 0.2) is 24.3 Å². The normalized spacial score (nSPS) is 10.5. The zero-order valence-electron chi connectivity index (χ0n) is 10.8.